The molecule has 1 aromatic carbocycles. The second kappa shape index (κ2) is 7.14. The molecule has 2 N–H and O–H groups in total. The summed E-state index contributed by atoms with van der Waals surface area (Å²) in [6, 6.07) is 8.03. The number of hydrogen-bond acceptors (Lipinski definition) is 4. The standard InChI is InChI=1S/C13H22N2O2/c1-11(10-14)15(2)8-9-17-13-7-5-4-6-12(13)16-3/h4-7,11H,8-10,14H2,1-3H3. The van der Waals surface area contributed by atoms with E-state index in [2.05, 4.69) is 11.8 Å². The van der Waals surface area contributed by atoms with Crippen molar-refractivity contribution in [2.75, 3.05) is 33.9 Å². The van der Waals surface area contributed by atoms with Crippen LogP contribution in [-0.2, 0) is 0 Å². The summed E-state index contributed by atoms with van der Waals surface area (Å²) in [6.07, 6.45) is 0. The maximum Gasteiger partial charge on any atom is 0.161 e. The zero-order chi connectivity index (χ0) is 12.7. The summed E-state index contributed by atoms with van der Waals surface area (Å²) in [4.78, 5) is 2.18. The molecule has 0 amide bonds. The average molecular weight is 238 g/mol. The van der Waals surface area contributed by atoms with Crippen LogP contribution in [0.5, 0.6) is 11.5 Å². The predicted molar refractivity (Wildman–Crippen MR) is 69.6 cm³/mol. The number of nitrogens with two attached hydrogens (primary N) is 1. The molecule has 0 aliphatic rings. The number of hydrogen-bond donors (Lipinski definition) is 1. The van der Waals surface area contributed by atoms with Crippen molar-refractivity contribution in [1.82, 2.24) is 4.90 Å². The number of benzene rings is 1. The van der Waals surface area contributed by atoms with Crippen molar-refractivity contribution in [2.24, 2.45) is 5.73 Å². The molecular formula is C13H22N2O2. The summed E-state index contributed by atoms with van der Waals surface area (Å²) in [5.41, 5.74) is 5.60. The van der Waals surface area contributed by atoms with Gasteiger partial charge in [-0.1, -0.05) is 12.1 Å². The Morgan fingerprint density at radius 2 is 1.94 bits per heavy atom. The molecule has 0 saturated heterocycles. The molecule has 4 heteroatoms. The van der Waals surface area contributed by atoms with Gasteiger partial charge in [0.05, 0.1) is 7.11 Å². The van der Waals surface area contributed by atoms with Crippen LogP contribution in [-0.4, -0.2) is 44.8 Å². The lowest BCUT2D eigenvalue weighted by Gasteiger charge is -2.23. The lowest BCUT2D eigenvalue weighted by Crippen LogP contribution is -2.37. The Hall–Kier alpha value is -1.26. The molecule has 0 radical (unpaired) electrons. The quantitative estimate of drug-likeness (QED) is 0.779. The van der Waals surface area contributed by atoms with E-state index in [0.29, 0.717) is 19.2 Å². The fraction of sp³-hybridized carbons (Fsp3) is 0.538. The molecule has 17 heavy (non-hydrogen) atoms. The first-order valence-electron chi connectivity index (χ1n) is 5.85. The van der Waals surface area contributed by atoms with Gasteiger partial charge >= 0.3 is 0 Å². The molecule has 0 aliphatic carbocycles. The van der Waals surface area contributed by atoms with Crippen molar-refractivity contribution >= 4 is 0 Å². The van der Waals surface area contributed by atoms with Gasteiger partial charge in [-0.3, -0.25) is 4.90 Å². The second-order valence-corrected chi connectivity index (χ2v) is 4.06. The van der Waals surface area contributed by atoms with Crippen molar-refractivity contribution in [1.29, 1.82) is 0 Å². The highest BCUT2D eigenvalue weighted by Crippen LogP contribution is 2.25. The normalized spacial score (nSPS) is 12.5. The van der Waals surface area contributed by atoms with Gasteiger partial charge in [-0.25, -0.2) is 0 Å². The Morgan fingerprint density at radius 3 is 2.53 bits per heavy atom. The summed E-state index contributed by atoms with van der Waals surface area (Å²) >= 11 is 0. The molecule has 0 spiro atoms. The Kier molecular flexibility index (Phi) is 5.80. The molecule has 0 saturated carbocycles. The van der Waals surface area contributed by atoms with Gasteiger partial charge in [0.2, 0.25) is 0 Å². The number of likely N-dealkylation sites (N-methyl/N-ethyl adjacent to an activating group) is 1. The molecule has 1 aromatic rings. The summed E-state index contributed by atoms with van der Waals surface area (Å²) < 4.78 is 10.9. The Bertz CT molecular complexity index is 331. The minimum Gasteiger partial charge on any atom is -0.493 e. The minimum atomic E-state index is 0.372. The fourth-order valence-electron chi connectivity index (χ4n) is 1.44. The zero-order valence-electron chi connectivity index (χ0n) is 10.8. The maximum absolute atomic E-state index is 5.69. The van der Waals surface area contributed by atoms with Crippen LogP contribution in [0.4, 0.5) is 0 Å². The van der Waals surface area contributed by atoms with Gasteiger partial charge in [0.1, 0.15) is 6.61 Å². The first-order valence-corrected chi connectivity index (χ1v) is 5.85. The van der Waals surface area contributed by atoms with E-state index >= 15 is 0 Å². The van der Waals surface area contributed by atoms with E-state index in [4.69, 9.17) is 15.2 Å². The molecule has 0 heterocycles. The van der Waals surface area contributed by atoms with Crippen LogP contribution in [0.1, 0.15) is 6.92 Å². The van der Waals surface area contributed by atoms with Crippen molar-refractivity contribution in [2.45, 2.75) is 13.0 Å². The lowest BCUT2D eigenvalue weighted by atomic mass is 10.3. The number of methoxy groups -OCH3 is 1. The first-order chi connectivity index (χ1) is 8.19. The average Bonchev–Trinajstić information content (AvgIpc) is 2.38. The third kappa shape index (κ3) is 4.24. The molecule has 96 valence electrons. The molecule has 0 aromatic heterocycles. The maximum atomic E-state index is 5.69. The highest BCUT2D eigenvalue weighted by molar-refractivity contribution is 5.39. The van der Waals surface area contributed by atoms with E-state index in [1.807, 2.05) is 31.3 Å². The van der Waals surface area contributed by atoms with Crippen molar-refractivity contribution in [3.8, 4) is 11.5 Å². The van der Waals surface area contributed by atoms with Crippen LogP contribution in [0.2, 0.25) is 0 Å². The topological polar surface area (TPSA) is 47.7 Å². The van der Waals surface area contributed by atoms with Crippen LogP contribution in [0.25, 0.3) is 0 Å². The summed E-state index contributed by atoms with van der Waals surface area (Å²) in [6.45, 7) is 4.23. The van der Waals surface area contributed by atoms with Gasteiger partial charge in [-0.15, -0.1) is 0 Å². The molecule has 1 rings (SSSR count). The molecule has 1 unspecified atom stereocenters. The van der Waals surface area contributed by atoms with Crippen molar-refractivity contribution < 1.29 is 9.47 Å². The van der Waals surface area contributed by atoms with E-state index in [0.717, 1.165) is 18.0 Å². The SMILES string of the molecule is COc1ccccc1OCCN(C)C(C)CN. The zero-order valence-corrected chi connectivity index (χ0v) is 10.8. The van der Waals surface area contributed by atoms with Crippen LogP contribution < -0.4 is 15.2 Å². The van der Waals surface area contributed by atoms with E-state index in [9.17, 15) is 0 Å². The smallest absolute Gasteiger partial charge is 0.161 e. The van der Waals surface area contributed by atoms with Crippen LogP contribution >= 0.6 is 0 Å². The van der Waals surface area contributed by atoms with Gasteiger partial charge < -0.3 is 15.2 Å². The van der Waals surface area contributed by atoms with Gasteiger partial charge in [-0.05, 0) is 26.1 Å². The van der Waals surface area contributed by atoms with Crippen molar-refractivity contribution in [3.05, 3.63) is 24.3 Å². The van der Waals surface area contributed by atoms with Gasteiger partial charge in [0, 0.05) is 19.1 Å². The molecular weight excluding hydrogens is 216 g/mol. The van der Waals surface area contributed by atoms with E-state index in [1.165, 1.54) is 0 Å². The third-order valence-corrected chi connectivity index (χ3v) is 2.86. The number of nitrogens with zero attached hydrogens (tertiary/aromatic N) is 1. The summed E-state index contributed by atoms with van der Waals surface area (Å²) in [5.74, 6) is 1.55. The molecule has 1 atom stereocenters. The van der Waals surface area contributed by atoms with E-state index in [1.54, 1.807) is 7.11 Å². The van der Waals surface area contributed by atoms with Crippen LogP contribution in [0.3, 0.4) is 0 Å². The second-order valence-electron chi connectivity index (χ2n) is 4.06. The highest BCUT2D eigenvalue weighted by atomic mass is 16.5. The van der Waals surface area contributed by atoms with Crippen molar-refractivity contribution in [3.63, 3.8) is 0 Å². The third-order valence-electron chi connectivity index (χ3n) is 2.86. The minimum absolute atomic E-state index is 0.372. The van der Waals surface area contributed by atoms with Crippen LogP contribution in [0, 0.1) is 0 Å². The molecule has 4 nitrogen and oxygen atoms in total. The Balaban J connectivity index is 2.40. The first kappa shape index (κ1) is 13.8. The van der Waals surface area contributed by atoms with E-state index < -0.39 is 0 Å². The number of ether oxygens (including phenoxy) is 2. The summed E-state index contributed by atoms with van der Waals surface area (Å²) in [5, 5.41) is 0. The lowest BCUT2D eigenvalue weighted by molar-refractivity contribution is 0.199. The van der Waals surface area contributed by atoms with Crippen LogP contribution in [0.15, 0.2) is 24.3 Å². The molecule has 0 fully saturated rings. The molecule has 0 aliphatic heterocycles. The number of para-hydroxylation sites is 2. The van der Waals surface area contributed by atoms with Gasteiger partial charge in [-0.2, -0.15) is 0 Å². The van der Waals surface area contributed by atoms with Gasteiger partial charge in [0.15, 0.2) is 11.5 Å². The predicted octanol–water partition coefficient (Wildman–Crippen LogP) is 1.35. The van der Waals surface area contributed by atoms with Gasteiger partial charge in [0.25, 0.3) is 0 Å². The monoisotopic (exact) mass is 238 g/mol. The fourth-order valence-corrected chi connectivity index (χ4v) is 1.44. The molecule has 0 bridgehead atoms. The highest BCUT2D eigenvalue weighted by Gasteiger charge is 2.07. The van der Waals surface area contributed by atoms with E-state index in [-0.39, 0.29) is 0 Å². The summed E-state index contributed by atoms with van der Waals surface area (Å²) in [7, 11) is 3.69. The largest absolute Gasteiger partial charge is 0.493 e. The number of rotatable bonds is 7. The Morgan fingerprint density at radius 1 is 1.29 bits per heavy atom. The Labute approximate surface area is 103 Å².